The van der Waals surface area contributed by atoms with Gasteiger partial charge in [0.1, 0.15) is 0 Å². The van der Waals surface area contributed by atoms with Gasteiger partial charge in [-0.1, -0.05) is 0 Å². The van der Waals surface area contributed by atoms with E-state index in [1.54, 1.807) is 0 Å². The maximum absolute atomic E-state index is 12.2. The van der Waals surface area contributed by atoms with Crippen molar-refractivity contribution < 1.29 is 4.79 Å². The molecule has 0 radical (unpaired) electrons. The summed E-state index contributed by atoms with van der Waals surface area (Å²) < 4.78 is 0. The van der Waals surface area contributed by atoms with Crippen molar-refractivity contribution >= 4 is 30.7 Å². The highest BCUT2D eigenvalue weighted by Gasteiger charge is 2.27. The standard InChI is InChI=1S/C13H25N3O.2ClH/c1-15(2)12-4-3-7-16(10-12)13(17)8-11-5-6-14-9-11;;/h11-12,14H,3-10H2,1-2H3;2*1H. The molecule has 6 heteroatoms. The second-order valence-corrected chi connectivity index (χ2v) is 5.66. The molecule has 2 saturated heterocycles. The van der Waals surface area contributed by atoms with Gasteiger partial charge in [0.15, 0.2) is 0 Å². The lowest BCUT2D eigenvalue weighted by Gasteiger charge is -2.36. The van der Waals surface area contributed by atoms with E-state index >= 15 is 0 Å². The Balaban J connectivity index is 0.00000162. The monoisotopic (exact) mass is 311 g/mol. The van der Waals surface area contributed by atoms with Gasteiger partial charge in [0.25, 0.3) is 0 Å². The maximum atomic E-state index is 12.2. The summed E-state index contributed by atoms with van der Waals surface area (Å²) in [5.41, 5.74) is 0. The Morgan fingerprint density at radius 3 is 2.63 bits per heavy atom. The molecule has 2 heterocycles. The van der Waals surface area contributed by atoms with Gasteiger partial charge in [-0.15, -0.1) is 24.8 Å². The first kappa shape index (κ1) is 19.0. The summed E-state index contributed by atoms with van der Waals surface area (Å²) in [5, 5.41) is 3.33. The van der Waals surface area contributed by atoms with Gasteiger partial charge in [0.05, 0.1) is 0 Å². The zero-order chi connectivity index (χ0) is 12.3. The number of rotatable bonds is 3. The van der Waals surface area contributed by atoms with Crippen molar-refractivity contribution in [3.63, 3.8) is 0 Å². The van der Waals surface area contributed by atoms with Crippen LogP contribution in [-0.4, -0.2) is 62.0 Å². The number of hydrogen-bond acceptors (Lipinski definition) is 3. The third kappa shape index (κ3) is 5.46. The van der Waals surface area contributed by atoms with E-state index in [4.69, 9.17) is 0 Å². The Bertz CT molecular complexity index is 271. The van der Waals surface area contributed by atoms with Gasteiger partial charge in [-0.25, -0.2) is 0 Å². The van der Waals surface area contributed by atoms with E-state index < -0.39 is 0 Å². The number of halogens is 2. The molecule has 0 aliphatic carbocycles. The highest BCUT2D eigenvalue weighted by molar-refractivity contribution is 5.85. The number of likely N-dealkylation sites (N-methyl/N-ethyl adjacent to an activating group) is 1. The van der Waals surface area contributed by atoms with Crippen LogP contribution in [0.3, 0.4) is 0 Å². The molecular formula is C13H27Cl2N3O. The molecule has 0 saturated carbocycles. The third-order valence-corrected chi connectivity index (χ3v) is 4.11. The summed E-state index contributed by atoms with van der Waals surface area (Å²) in [4.78, 5) is 16.5. The van der Waals surface area contributed by atoms with E-state index in [0.29, 0.717) is 17.9 Å². The quantitative estimate of drug-likeness (QED) is 0.855. The molecule has 4 nitrogen and oxygen atoms in total. The van der Waals surface area contributed by atoms with Gasteiger partial charge in [-0.3, -0.25) is 4.79 Å². The second-order valence-electron chi connectivity index (χ2n) is 5.66. The van der Waals surface area contributed by atoms with E-state index in [1.165, 1.54) is 6.42 Å². The molecule has 2 aliphatic heterocycles. The van der Waals surface area contributed by atoms with E-state index in [2.05, 4.69) is 29.2 Å². The number of carbonyl (C=O) groups excluding carboxylic acids is 1. The van der Waals surface area contributed by atoms with Crippen LogP contribution in [0.4, 0.5) is 0 Å². The Kier molecular flexibility index (Phi) is 8.99. The Morgan fingerprint density at radius 1 is 1.32 bits per heavy atom. The first-order valence-corrected chi connectivity index (χ1v) is 6.81. The molecule has 0 spiro atoms. The van der Waals surface area contributed by atoms with Gasteiger partial charge in [0.2, 0.25) is 5.91 Å². The van der Waals surface area contributed by atoms with E-state index in [-0.39, 0.29) is 24.8 Å². The summed E-state index contributed by atoms with van der Waals surface area (Å²) in [6.07, 6.45) is 4.28. The van der Waals surface area contributed by atoms with Crippen molar-refractivity contribution in [3.8, 4) is 0 Å². The van der Waals surface area contributed by atoms with E-state index in [0.717, 1.165) is 45.4 Å². The molecule has 2 fully saturated rings. The predicted molar refractivity (Wildman–Crippen MR) is 83.4 cm³/mol. The second kappa shape index (κ2) is 9.01. The minimum absolute atomic E-state index is 0. The van der Waals surface area contributed by atoms with Gasteiger partial charge < -0.3 is 15.1 Å². The summed E-state index contributed by atoms with van der Waals surface area (Å²) in [6.45, 7) is 3.99. The fourth-order valence-electron chi connectivity index (χ4n) is 2.87. The first-order valence-electron chi connectivity index (χ1n) is 6.81. The number of nitrogens with zero attached hydrogens (tertiary/aromatic N) is 2. The highest BCUT2D eigenvalue weighted by atomic mass is 35.5. The van der Waals surface area contributed by atoms with Gasteiger partial charge in [0, 0.05) is 25.6 Å². The number of nitrogens with one attached hydrogen (secondary N) is 1. The molecule has 19 heavy (non-hydrogen) atoms. The van der Waals surface area contributed by atoms with Crippen LogP contribution in [0.15, 0.2) is 0 Å². The fourth-order valence-corrected chi connectivity index (χ4v) is 2.87. The van der Waals surface area contributed by atoms with Crippen LogP contribution in [0.5, 0.6) is 0 Å². The molecule has 0 aromatic heterocycles. The van der Waals surface area contributed by atoms with Crippen LogP contribution in [-0.2, 0) is 4.79 Å². The summed E-state index contributed by atoms with van der Waals surface area (Å²) in [5.74, 6) is 0.937. The smallest absolute Gasteiger partial charge is 0.222 e. The Morgan fingerprint density at radius 2 is 2.05 bits per heavy atom. The zero-order valence-electron chi connectivity index (χ0n) is 11.9. The number of hydrogen-bond donors (Lipinski definition) is 1. The van der Waals surface area contributed by atoms with Crippen molar-refractivity contribution in [3.05, 3.63) is 0 Å². The van der Waals surface area contributed by atoms with Crippen molar-refractivity contribution in [2.45, 2.75) is 31.7 Å². The average Bonchev–Trinajstić information content (AvgIpc) is 2.82. The minimum atomic E-state index is 0. The van der Waals surface area contributed by atoms with Gasteiger partial charge in [-0.2, -0.15) is 0 Å². The fraction of sp³-hybridized carbons (Fsp3) is 0.923. The van der Waals surface area contributed by atoms with Crippen molar-refractivity contribution in [1.82, 2.24) is 15.1 Å². The first-order chi connectivity index (χ1) is 8.16. The van der Waals surface area contributed by atoms with Crippen LogP contribution in [0, 0.1) is 5.92 Å². The van der Waals surface area contributed by atoms with Crippen molar-refractivity contribution in [1.29, 1.82) is 0 Å². The SMILES string of the molecule is CN(C)C1CCCN(C(=O)CC2CCNC2)C1.Cl.Cl. The molecule has 2 aliphatic rings. The minimum Gasteiger partial charge on any atom is -0.341 e. The van der Waals surface area contributed by atoms with Crippen LogP contribution >= 0.6 is 24.8 Å². The molecule has 0 aromatic carbocycles. The van der Waals surface area contributed by atoms with Gasteiger partial charge >= 0.3 is 0 Å². The van der Waals surface area contributed by atoms with E-state index in [9.17, 15) is 4.79 Å². The van der Waals surface area contributed by atoms with Gasteiger partial charge in [-0.05, 0) is 52.4 Å². The molecule has 1 amide bonds. The number of carbonyl (C=O) groups is 1. The molecule has 2 unspecified atom stereocenters. The molecule has 114 valence electrons. The third-order valence-electron chi connectivity index (χ3n) is 4.11. The maximum Gasteiger partial charge on any atom is 0.222 e. The lowest BCUT2D eigenvalue weighted by atomic mass is 10.0. The molecule has 2 rings (SSSR count). The lowest BCUT2D eigenvalue weighted by molar-refractivity contribution is -0.134. The average molecular weight is 312 g/mol. The van der Waals surface area contributed by atoms with E-state index in [1.807, 2.05) is 0 Å². The van der Waals surface area contributed by atoms with Crippen molar-refractivity contribution in [2.75, 3.05) is 40.3 Å². The van der Waals surface area contributed by atoms with Crippen LogP contribution < -0.4 is 5.32 Å². The summed E-state index contributed by atoms with van der Waals surface area (Å²) >= 11 is 0. The number of amides is 1. The topological polar surface area (TPSA) is 35.6 Å². The zero-order valence-corrected chi connectivity index (χ0v) is 13.6. The molecule has 0 bridgehead atoms. The normalized spacial score (nSPS) is 26.8. The Labute approximate surface area is 129 Å². The largest absolute Gasteiger partial charge is 0.341 e. The predicted octanol–water partition coefficient (Wildman–Crippen LogP) is 1.38. The molecule has 1 N–H and O–H groups in total. The Hall–Kier alpha value is -0.0300. The summed E-state index contributed by atoms with van der Waals surface area (Å²) in [6, 6.07) is 0.550. The molecular weight excluding hydrogens is 285 g/mol. The van der Waals surface area contributed by atoms with Crippen LogP contribution in [0.25, 0.3) is 0 Å². The highest BCUT2D eigenvalue weighted by Crippen LogP contribution is 2.18. The molecule has 2 atom stereocenters. The number of likely N-dealkylation sites (tertiary alicyclic amines) is 1. The number of piperidine rings is 1. The van der Waals surface area contributed by atoms with Crippen LogP contribution in [0.2, 0.25) is 0 Å². The summed E-state index contributed by atoms with van der Waals surface area (Å²) in [7, 11) is 4.22. The lowest BCUT2D eigenvalue weighted by Crippen LogP contribution is -2.47. The van der Waals surface area contributed by atoms with Crippen molar-refractivity contribution in [2.24, 2.45) is 5.92 Å². The van der Waals surface area contributed by atoms with Crippen LogP contribution in [0.1, 0.15) is 25.7 Å². The molecule has 0 aromatic rings.